The van der Waals surface area contributed by atoms with Gasteiger partial charge >= 0.3 is 0 Å². The van der Waals surface area contributed by atoms with E-state index in [-0.39, 0.29) is 18.6 Å². The fraction of sp³-hybridized carbons (Fsp3) is 0.583. The van der Waals surface area contributed by atoms with Crippen molar-refractivity contribution in [2.24, 2.45) is 0 Å². The van der Waals surface area contributed by atoms with Gasteiger partial charge in [-0.15, -0.1) is 0 Å². The van der Waals surface area contributed by atoms with Crippen LogP contribution in [-0.2, 0) is 9.47 Å². The first kappa shape index (κ1) is 14.0. The topological polar surface area (TPSA) is 120 Å². The quantitative estimate of drug-likeness (QED) is 0.725. The maximum atomic E-state index is 9.05. The van der Waals surface area contributed by atoms with E-state index in [4.69, 9.17) is 20.3 Å². The SMILES string of the molecule is CC(C)Nc1nc(N)nc2c1ncn2[C@H]1CO[C@@H](CO)O1. The Morgan fingerprint density at radius 2 is 2.33 bits per heavy atom. The van der Waals surface area contributed by atoms with Crippen LogP contribution in [0.4, 0.5) is 11.8 Å². The lowest BCUT2D eigenvalue weighted by molar-refractivity contribution is -0.0980. The minimum atomic E-state index is -0.625. The summed E-state index contributed by atoms with van der Waals surface area (Å²) in [5.74, 6) is 0.744. The van der Waals surface area contributed by atoms with Gasteiger partial charge in [0.2, 0.25) is 5.95 Å². The summed E-state index contributed by atoms with van der Waals surface area (Å²) in [7, 11) is 0. The zero-order valence-electron chi connectivity index (χ0n) is 11.9. The number of aliphatic hydroxyl groups excluding tert-OH is 1. The normalized spacial score (nSPS) is 22.3. The Bertz CT molecular complexity index is 643. The molecule has 2 aromatic heterocycles. The summed E-state index contributed by atoms with van der Waals surface area (Å²) in [5, 5.41) is 12.2. The molecule has 2 atom stereocenters. The van der Waals surface area contributed by atoms with Crippen molar-refractivity contribution in [3.8, 4) is 0 Å². The number of aromatic nitrogens is 4. The van der Waals surface area contributed by atoms with Crippen LogP contribution in [0.5, 0.6) is 0 Å². The summed E-state index contributed by atoms with van der Waals surface area (Å²) < 4.78 is 12.6. The fourth-order valence-corrected chi connectivity index (χ4v) is 2.20. The Morgan fingerprint density at radius 1 is 1.52 bits per heavy atom. The molecule has 0 unspecified atom stereocenters. The molecular formula is C12H18N6O3. The second kappa shape index (κ2) is 5.43. The summed E-state index contributed by atoms with van der Waals surface area (Å²) in [5.41, 5.74) is 6.95. The maximum Gasteiger partial charge on any atom is 0.224 e. The minimum Gasteiger partial charge on any atom is -0.391 e. The van der Waals surface area contributed by atoms with E-state index in [0.29, 0.717) is 23.6 Å². The molecule has 114 valence electrons. The lowest BCUT2D eigenvalue weighted by atomic mass is 10.3. The lowest BCUT2D eigenvalue weighted by Crippen LogP contribution is -2.16. The van der Waals surface area contributed by atoms with Gasteiger partial charge in [-0.1, -0.05) is 0 Å². The third-order valence-corrected chi connectivity index (χ3v) is 3.06. The van der Waals surface area contributed by atoms with Crippen molar-refractivity contribution in [1.29, 1.82) is 0 Å². The molecule has 0 saturated carbocycles. The molecule has 1 aliphatic heterocycles. The number of hydrogen-bond donors (Lipinski definition) is 3. The highest BCUT2D eigenvalue weighted by atomic mass is 16.7. The molecule has 1 fully saturated rings. The predicted octanol–water partition coefficient (Wildman–Crippen LogP) is 0.0926. The van der Waals surface area contributed by atoms with Gasteiger partial charge in [0, 0.05) is 6.04 Å². The van der Waals surface area contributed by atoms with E-state index >= 15 is 0 Å². The van der Waals surface area contributed by atoms with E-state index < -0.39 is 12.5 Å². The van der Waals surface area contributed by atoms with Gasteiger partial charge in [-0.05, 0) is 13.8 Å². The molecule has 4 N–H and O–H groups in total. The average Bonchev–Trinajstić information content (AvgIpc) is 3.03. The molecule has 1 saturated heterocycles. The van der Waals surface area contributed by atoms with E-state index in [0.717, 1.165) is 0 Å². The Kier molecular flexibility index (Phi) is 3.62. The van der Waals surface area contributed by atoms with E-state index in [2.05, 4.69) is 20.3 Å². The van der Waals surface area contributed by atoms with E-state index in [1.54, 1.807) is 10.9 Å². The van der Waals surface area contributed by atoms with Crippen LogP contribution in [-0.4, -0.2) is 50.2 Å². The van der Waals surface area contributed by atoms with Crippen LogP contribution in [0.15, 0.2) is 6.33 Å². The van der Waals surface area contributed by atoms with Gasteiger partial charge < -0.3 is 25.6 Å². The first-order valence-corrected chi connectivity index (χ1v) is 6.73. The molecule has 0 aromatic carbocycles. The van der Waals surface area contributed by atoms with Crippen LogP contribution in [0, 0.1) is 0 Å². The number of rotatable bonds is 4. The Hall–Kier alpha value is -1.97. The number of aliphatic hydroxyl groups is 1. The zero-order chi connectivity index (χ0) is 15.0. The Morgan fingerprint density at radius 3 is 3.00 bits per heavy atom. The number of ether oxygens (including phenoxy) is 2. The molecule has 21 heavy (non-hydrogen) atoms. The molecular weight excluding hydrogens is 276 g/mol. The van der Waals surface area contributed by atoms with Gasteiger partial charge in [0.05, 0.1) is 19.5 Å². The maximum absolute atomic E-state index is 9.05. The fourth-order valence-electron chi connectivity index (χ4n) is 2.20. The summed E-state index contributed by atoms with van der Waals surface area (Å²) in [6.45, 7) is 4.12. The summed E-state index contributed by atoms with van der Waals surface area (Å²) in [4.78, 5) is 12.7. The van der Waals surface area contributed by atoms with Crippen molar-refractivity contribution in [1.82, 2.24) is 19.5 Å². The molecule has 0 radical (unpaired) electrons. The highest BCUT2D eigenvalue weighted by Gasteiger charge is 2.28. The number of anilines is 2. The lowest BCUT2D eigenvalue weighted by Gasteiger charge is -2.13. The van der Waals surface area contributed by atoms with E-state index in [1.165, 1.54) is 0 Å². The third-order valence-electron chi connectivity index (χ3n) is 3.06. The van der Waals surface area contributed by atoms with Crippen molar-refractivity contribution in [2.75, 3.05) is 24.3 Å². The van der Waals surface area contributed by atoms with Crippen molar-refractivity contribution >= 4 is 22.9 Å². The van der Waals surface area contributed by atoms with Gasteiger partial charge in [-0.2, -0.15) is 9.97 Å². The number of nitrogen functional groups attached to an aromatic ring is 1. The number of imidazole rings is 1. The Balaban J connectivity index is 2.00. The second-order valence-electron chi connectivity index (χ2n) is 5.09. The smallest absolute Gasteiger partial charge is 0.224 e. The highest BCUT2D eigenvalue weighted by Crippen LogP contribution is 2.27. The summed E-state index contributed by atoms with van der Waals surface area (Å²) in [6.07, 6.45) is 0.589. The standard InChI is InChI=1S/C12H18N6O3/c1-6(2)15-10-9-11(17-12(13)16-10)18(5-14-9)7-4-20-8(3-19)21-7/h5-8,19H,3-4H2,1-2H3,(H3,13,15,16,17)/t7-,8-/m1/s1. The van der Waals surface area contributed by atoms with Crippen molar-refractivity contribution in [3.63, 3.8) is 0 Å². The molecule has 0 spiro atoms. The van der Waals surface area contributed by atoms with Crippen LogP contribution >= 0.6 is 0 Å². The summed E-state index contributed by atoms with van der Waals surface area (Å²) in [6, 6.07) is 0.192. The van der Waals surface area contributed by atoms with E-state index in [9.17, 15) is 0 Å². The molecule has 3 rings (SSSR count). The molecule has 9 heteroatoms. The molecule has 3 heterocycles. The first-order chi connectivity index (χ1) is 10.1. The van der Waals surface area contributed by atoms with E-state index in [1.807, 2.05) is 13.8 Å². The Labute approximate surface area is 121 Å². The van der Waals surface area contributed by atoms with Crippen LogP contribution in [0.25, 0.3) is 11.2 Å². The largest absolute Gasteiger partial charge is 0.391 e. The highest BCUT2D eigenvalue weighted by molar-refractivity contribution is 5.84. The van der Waals surface area contributed by atoms with Gasteiger partial charge in [-0.3, -0.25) is 4.57 Å². The average molecular weight is 294 g/mol. The minimum absolute atomic E-state index is 0.157. The number of nitrogens with zero attached hydrogens (tertiary/aromatic N) is 4. The van der Waals surface area contributed by atoms with Gasteiger partial charge in [0.25, 0.3) is 0 Å². The van der Waals surface area contributed by atoms with Crippen LogP contribution in [0.3, 0.4) is 0 Å². The van der Waals surface area contributed by atoms with Gasteiger partial charge in [0.1, 0.15) is 0 Å². The molecule has 0 bridgehead atoms. The molecule has 9 nitrogen and oxygen atoms in total. The third kappa shape index (κ3) is 2.62. The summed E-state index contributed by atoms with van der Waals surface area (Å²) >= 11 is 0. The van der Waals surface area contributed by atoms with Crippen LogP contribution in [0.2, 0.25) is 0 Å². The molecule has 0 amide bonds. The number of nitrogens with two attached hydrogens (primary N) is 1. The zero-order valence-corrected chi connectivity index (χ0v) is 11.9. The number of fused-ring (bicyclic) bond motifs is 1. The first-order valence-electron chi connectivity index (χ1n) is 6.73. The van der Waals surface area contributed by atoms with Crippen molar-refractivity contribution < 1.29 is 14.6 Å². The van der Waals surface area contributed by atoms with Crippen LogP contribution in [0.1, 0.15) is 20.1 Å². The second-order valence-corrected chi connectivity index (χ2v) is 5.09. The van der Waals surface area contributed by atoms with Crippen molar-refractivity contribution in [2.45, 2.75) is 32.4 Å². The monoisotopic (exact) mass is 294 g/mol. The van der Waals surface area contributed by atoms with Gasteiger partial charge in [-0.25, -0.2) is 4.98 Å². The number of hydrogen-bond acceptors (Lipinski definition) is 8. The van der Waals surface area contributed by atoms with Crippen molar-refractivity contribution in [3.05, 3.63) is 6.33 Å². The predicted molar refractivity (Wildman–Crippen MR) is 75.4 cm³/mol. The van der Waals surface area contributed by atoms with Crippen LogP contribution < -0.4 is 11.1 Å². The molecule has 0 aliphatic carbocycles. The molecule has 2 aromatic rings. The number of nitrogens with one attached hydrogen (secondary N) is 1. The molecule has 1 aliphatic rings. The van der Waals surface area contributed by atoms with Gasteiger partial charge in [0.15, 0.2) is 29.5 Å².